The summed E-state index contributed by atoms with van der Waals surface area (Å²) in [7, 11) is 0. The quantitative estimate of drug-likeness (QED) is 0.741. The molecule has 1 heterocycles. The lowest BCUT2D eigenvalue weighted by Crippen LogP contribution is -2.54. The predicted octanol–water partition coefficient (Wildman–Crippen LogP) is 0.420. The van der Waals surface area contributed by atoms with Crippen LogP contribution < -0.4 is 5.73 Å². The summed E-state index contributed by atoms with van der Waals surface area (Å²) in [6.45, 7) is 5.55. The molecule has 1 saturated heterocycles. The van der Waals surface area contributed by atoms with Gasteiger partial charge in [0.25, 0.3) is 0 Å². The summed E-state index contributed by atoms with van der Waals surface area (Å²) in [6.07, 6.45) is 5.45. The molecule has 2 fully saturated rings. The Bertz CT molecular complexity index is 241. The average Bonchev–Trinajstić information content (AvgIpc) is 2.81. The molecule has 0 unspecified atom stereocenters. The lowest BCUT2D eigenvalue weighted by molar-refractivity contribution is -0.134. The number of amides is 1. The highest BCUT2D eigenvalue weighted by atomic mass is 16.2. The molecule has 4 heteroatoms. The van der Waals surface area contributed by atoms with Crippen LogP contribution in [0.25, 0.3) is 0 Å². The molecule has 4 nitrogen and oxygen atoms in total. The van der Waals surface area contributed by atoms with Crippen molar-refractivity contribution in [3.05, 3.63) is 0 Å². The molecule has 1 amide bonds. The van der Waals surface area contributed by atoms with Gasteiger partial charge in [0, 0.05) is 32.2 Å². The van der Waals surface area contributed by atoms with Gasteiger partial charge in [0.15, 0.2) is 0 Å². The van der Waals surface area contributed by atoms with Crippen molar-refractivity contribution in [2.45, 2.75) is 44.7 Å². The first-order valence-corrected chi connectivity index (χ1v) is 6.47. The fraction of sp³-hybridized carbons (Fsp3) is 0.917. The Balaban J connectivity index is 1.80. The summed E-state index contributed by atoms with van der Waals surface area (Å²) in [5.74, 6) is 0.103. The number of nitrogens with two attached hydrogens (primary N) is 1. The molecule has 0 bridgehead atoms. The van der Waals surface area contributed by atoms with E-state index < -0.39 is 0 Å². The van der Waals surface area contributed by atoms with Gasteiger partial charge in [-0.1, -0.05) is 12.8 Å². The van der Waals surface area contributed by atoms with Gasteiger partial charge in [-0.05, 0) is 19.8 Å². The minimum atomic E-state index is -0.349. The lowest BCUT2D eigenvalue weighted by Gasteiger charge is -2.38. The molecule has 1 atom stereocenters. The van der Waals surface area contributed by atoms with Gasteiger partial charge in [0.2, 0.25) is 5.91 Å². The first-order valence-electron chi connectivity index (χ1n) is 6.47. The zero-order chi connectivity index (χ0) is 11.5. The summed E-state index contributed by atoms with van der Waals surface area (Å²) in [6, 6.07) is 0.436. The van der Waals surface area contributed by atoms with Crippen molar-refractivity contribution < 1.29 is 4.79 Å². The topological polar surface area (TPSA) is 49.6 Å². The molecular weight excluding hydrogens is 202 g/mol. The van der Waals surface area contributed by atoms with E-state index in [4.69, 9.17) is 5.73 Å². The molecule has 1 aliphatic carbocycles. The molecule has 2 N–H and O–H groups in total. The van der Waals surface area contributed by atoms with Crippen molar-refractivity contribution >= 4 is 5.91 Å². The van der Waals surface area contributed by atoms with Crippen molar-refractivity contribution in [2.24, 2.45) is 5.73 Å². The van der Waals surface area contributed by atoms with Gasteiger partial charge >= 0.3 is 0 Å². The third-order valence-corrected chi connectivity index (χ3v) is 3.86. The van der Waals surface area contributed by atoms with E-state index in [9.17, 15) is 4.79 Å². The van der Waals surface area contributed by atoms with Crippen LogP contribution in [0.3, 0.4) is 0 Å². The van der Waals surface area contributed by atoms with Crippen LogP contribution >= 0.6 is 0 Å². The van der Waals surface area contributed by atoms with Crippen molar-refractivity contribution in [3.8, 4) is 0 Å². The largest absolute Gasteiger partial charge is 0.339 e. The molecular formula is C12H23N3O. The van der Waals surface area contributed by atoms with Crippen LogP contribution in [-0.2, 0) is 4.79 Å². The highest BCUT2D eigenvalue weighted by Gasteiger charge is 2.28. The van der Waals surface area contributed by atoms with E-state index in [1.54, 1.807) is 6.92 Å². The van der Waals surface area contributed by atoms with Crippen LogP contribution in [0, 0.1) is 0 Å². The Morgan fingerprint density at radius 1 is 1.19 bits per heavy atom. The third kappa shape index (κ3) is 2.55. The van der Waals surface area contributed by atoms with Crippen LogP contribution in [0.15, 0.2) is 0 Å². The van der Waals surface area contributed by atoms with Gasteiger partial charge in [-0.2, -0.15) is 0 Å². The summed E-state index contributed by atoms with van der Waals surface area (Å²) in [5.41, 5.74) is 5.62. The molecule has 0 aromatic carbocycles. The lowest BCUT2D eigenvalue weighted by atomic mass is 10.1. The standard InChI is InChI=1S/C12H23N3O/c1-10(13)12(16)15-8-6-14(7-9-15)11-4-2-3-5-11/h10-11H,2-9,13H2,1H3/t10-/m1/s1. The van der Waals surface area contributed by atoms with Crippen LogP contribution in [-0.4, -0.2) is 54.0 Å². The molecule has 1 aliphatic heterocycles. The van der Waals surface area contributed by atoms with Crippen LogP contribution in [0.1, 0.15) is 32.6 Å². The molecule has 92 valence electrons. The Labute approximate surface area is 97.8 Å². The van der Waals surface area contributed by atoms with E-state index in [-0.39, 0.29) is 11.9 Å². The van der Waals surface area contributed by atoms with Gasteiger partial charge < -0.3 is 10.6 Å². The highest BCUT2D eigenvalue weighted by molar-refractivity contribution is 5.81. The number of hydrogen-bond acceptors (Lipinski definition) is 3. The van der Waals surface area contributed by atoms with Gasteiger partial charge in [-0.25, -0.2) is 0 Å². The maximum atomic E-state index is 11.7. The number of piperazine rings is 1. The minimum Gasteiger partial charge on any atom is -0.339 e. The SMILES string of the molecule is C[C@@H](N)C(=O)N1CCN(C2CCCC2)CC1. The van der Waals surface area contributed by atoms with Crippen molar-refractivity contribution in [2.75, 3.05) is 26.2 Å². The van der Waals surface area contributed by atoms with E-state index in [1.807, 2.05) is 4.90 Å². The summed E-state index contributed by atoms with van der Waals surface area (Å²) >= 11 is 0. The van der Waals surface area contributed by atoms with Crippen LogP contribution in [0.4, 0.5) is 0 Å². The van der Waals surface area contributed by atoms with Gasteiger partial charge in [0.05, 0.1) is 6.04 Å². The number of carbonyl (C=O) groups excluding carboxylic acids is 1. The summed E-state index contributed by atoms with van der Waals surface area (Å²) in [5, 5.41) is 0. The van der Waals surface area contributed by atoms with E-state index in [2.05, 4.69) is 4.90 Å². The second kappa shape index (κ2) is 5.15. The monoisotopic (exact) mass is 225 g/mol. The molecule has 0 spiro atoms. The molecule has 0 radical (unpaired) electrons. The summed E-state index contributed by atoms with van der Waals surface area (Å²) < 4.78 is 0. The van der Waals surface area contributed by atoms with E-state index in [0.29, 0.717) is 0 Å². The Kier molecular flexibility index (Phi) is 3.82. The molecule has 2 aliphatic rings. The Morgan fingerprint density at radius 3 is 2.25 bits per heavy atom. The molecule has 2 rings (SSSR count). The van der Waals surface area contributed by atoms with Crippen LogP contribution in [0.2, 0.25) is 0 Å². The van der Waals surface area contributed by atoms with Crippen molar-refractivity contribution in [1.82, 2.24) is 9.80 Å². The van der Waals surface area contributed by atoms with Gasteiger partial charge in [-0.15, -0.1) is 0 Å². The normalized spacial score (nSPS) is 26.0. The fourth-order valence-corrected chi connectivity index (χ4v) is 2.86. The Hall–Kier alpha value is -0.610. The first-order chi connectivity index (χ1) is 7.68. The van der Waals surface area contributed by atoms with E-state index in [1.165, 1.54) is 25.7 Å². The highest BCUT2D eigenvalue weighted by Crippen LogP contribution is 2.24. The zero-order valence-corrected chi connectivity index (χ0v) is 10.2. The first kappa shape index (κ1) is 11.9. The third-order valence-electron chi connectivity index (χ3n) is 3.86. The number of nitrogens with zero attached hydrogens (tertiary/aromatic N) is 2. The smallest absolute Gasteiger partial charge is 0.239 e. The fourth-order valence-electron chi connectivity index (χ4n) is 2.86. The average molecular weight is 225 g/mol. The Morgan fingerprint density at radius 2 is 1.75 bits per heavy atom. The van der Waals surface area contributed by atoms with Crippen molar-refractivity contribution in [3.63, 3.8) is 0 Å². The summed E-state index contributed by atoms with van der Waals surface area (Å²) in [4.78, 5) is 16.2. The second-order valence-corrected chi connectivity index (χ2v) is 5.09. The molecule has 16 heavy (non-hydrogen) atoms. The van der Waals surface area contributed by atoms with Gasteiger partial charge in [0.1, 0.15) is 0 Å². The van der Waals surface area contributed by atoms with Crippen LogP contribution in [0.5, 0.6) is 0 Å². The minimum absolute atomic E-state index is 0.103. The zero-order valence-electron chi connectivity index (χ0n) is 10.2. The second-order valence-electron chi connectivity index (χ2n) is 5.09. The van der Waals surface area contributed by atoms with Crippen molar-refractivity contribution in [1.29, 1.82) is 0 Å². The maximum Gasteiger partial charge on any atom is 0.239 e. The molecule has 0 aromatic rings. The molecule has 1 saturated carbocycles. The maximum absolute atomic E-state index is 11.7. The predicted molar refractivity (Wildman–Crippen MR) is 64.1 cm³/mol. The van der Waals surface area contributed by atoms with E-state index in [0.717, 1.165) is 32.2 Å². The van der Waals surface area contributed by atoms with Gasteiger partial charge in [-0.3, -0.25) is 9.69 Å². The number of rotatable bonds is 2. The van der Waals surface area contributed by atoms with E-state index >= 15 is 0 Å². The number of hydrogen-bond donors (Lipinski definition) is 1. The molecule has 0 aromatic heterocycles. The number of carbonyl (C=O) groups is 1.